The van der Waals surface area contributed by atoms with Gasteiger partial charge in [0.1, 0.15) is 13.1 Å². The number of rotatable bonds is 7. The third-order valence-corrected chi connectivity index (χ3v) is 2.12. The van der Waals surface area contributed by atoms with Crippen molar-refractivity contribution >= 4 is 35.8 Å². The summed E-state index contributed by atoms with van der Waals surface area (Å²) in [6.07, 6.45) is -0.593. The lowest BCUT2D eigenvalue weighted by molar-refractivity contribution is -0.143. The molecule has 0 aliphatic heterocycles. The zero-order chi connectivity index (χ0) is 21.4. The summed E-state index contributed by atoms with van der Waals surface area (Å²) in [6, 6.07) is 0. The van der Waals surface area contributed by atoms with E-state index in [9.17, 15) is 19.2 Å². The number of aliphatic carboxylic acids is 4. The van der Waals surface area contributed by atoms with E-state index in [1.54, 1.807) is 0 Å². The van der Waals surface area contributed by atoms with E-state index in [4.69, 9.17) is 42.7 Å². The van der Waals surface area contributed by atoms with Crippen LogP contribution in [0.25, 0.3) is 0 Å². The van der Waals surface area contributed by atoms with E-state index in [2.05, 4.69) is 0 Å². The molecule has 0 atom stereocenters. The third-order valence-electron chi connectivity index (χ3n) is 2.12. The Hall–Kier alpha value is -3.58. The first-order chi connectivity index (χ1) is 11.7. The molecule has 0 heterocycles. The number of nitrogens with zero attached hydrogens (tertiary/aromatic N) is 2. The summed E-state index contributed by atoms with van der Waals surface area (Å²) in [7, 11) is 2.88. The molecule has 0 spiro atoms. The molecule has 0 bridgehead atoms. The van der Waals surface area contributed by atoms with E-state index in [-0.39, 0.29) is 37.9 Å². The second-order valence-electron chi connectivity index (χ2n) is 4.56. The van der Waals surface area contributed by atoms with E-state index in [0.717, 1.165) is 9.80 Å². The van der Waals surface area contributed by atoms with Crippen LogP contribution >= 0.6 is 0 Å². The van der Waals surface area contributed by atoms with Crippen molar-refractivity contribution in [3.05, 3.63) is 0 Å². The van der Waals surface area contributed by atoms with Gasteiger partial charge in [0.05, 0.1) is 12.8 Å². The lowest BCUT2D eigenvalue weighted by atomic mass is 10.3. The van der Waals surface area contributed by atoms with Gasteiger partial charge in [-0.25, -0.2) is 0 Å². The molecular weight excluding hydrogens is 356 g/mol. The zero-order valence-electron chi connectivity index (χ0n) is 14.3. The van der Waals surface area contributed by atoms with Gasteiger partial charge in [-0.3, -0.25) is 30.0 Å². The molecule has 0 rings (SSSR count). The highest BCUT2D eigenvalue weighted by molar-refractivity contribution is 5.80. The Labute approximate surface area is 148 Å². The van der Waals surface area contributed by atoms with Crippen molar-refractivity contribution in [1.82, 2.24) is 9.80 Å². The smallest absolute Gasteiger partial charge is 0.323 e. The van der Waals surface area contributed by atoms with Crippen LogP contribution in [0.5, 0.6) is 0 Å². The largest absolute Gasteiger partial charge is 0.481 e. The summed E-state index contributed by atoms with van der Waals surface area (Å²) in [5, 5.41) is 45.5. The number of hydrogen-bond acceptors (Lipinski definition) is 6. The van der Waals surface area contributed by atoms with Crippen LogP contribution in [0.1, 0.15) is 12.8 Å². The van der Waals surface area contributed by atoms with E-state index >= 15 is 0 Å². The minimum absolute atomic E-state index is 0.227. The fourth-order valence-electron chi connectivity index (χ4n) is 0.790. The highest BCUT2D eigenvalue weighted by atomic mass is 16.4. The van der Waals surface area contributed by atoms with Crippen LogP contribution in [0.4, 0.5) is 0 Å². The first-order valence-electron chi connectivity index (χ1n) is 6.68. The normalized spacial score (nSPS) is 8.54. The Bertz CT molecular complexity index is 478. The number of nitrogens with one attached hydrogen (secondary N) is 2. The molecule has 0 aromatic rings. The second-order valence-corrected chi connectivity index (χ2v) is 4.56. The predicted molar refractivity (Wildman–Crippen MR) is 88.9 cm³/mol. The van der Waals surface area contributed by atoms with Crippen LogP contribution in [-0.4, -0.2) is 93.2 Å². The van der Waals surface area contributed by atoms with E-state index in [1.165, 1.54) is 14.1 Å². The fraction of sp³-hybridized carbons (Fsp3) is 0.500. The number of likely N-dealkylation sites (N-methyl/N-ethyl adjacent to an activating group) is 2. The number of guanidine groups is 2. The molecule has 0 aromatic heterocycles. The minimum Gasteiger partial charge on any atom is -0.481 e. The molecule has 0 unspecified atom stereocenters. The van der Waals surface area contributed by atoms with Gasteiger partial charge in [-0.05, 0) is 0 Å². The molecule has 0 aliphatic carbocycles. The number of nitrogens with two attached hydrogens (primary N) is 2. The maximum atomic E-state index is 9.92. The van der Waals surface area contributed by atoms with E-state index in [0.29, 0.717) is 0 Å². The van der Waals surface area contributed by atoms with E-state index < -0.39 is 23.9 Å². The molecule has 10 N–H and O–H groups in total. The standard InChI is InChI=1S/2C4H9N3O2.C4H6O4/c2*1-7(4(5)6)2-3(8)9;5-3(6)1-2-4(7)8/h2*2H2,1H3,(H3,5,6)(H,8,9);1-2H2,(H,5,6)(H,7,8). The van der Waals surface area contributed by atoms with Crippen LogP contribution in [0.3, 0.4) is 0 Å². The molecular formula is C12H24N6O8. The van der Waals surface area contributed by atoms with Gasteiger partial charge in [-0.1, -0.05) is 0 Å². The summed E-state index contributed by atoms with van der Waals surface area (Å²) < 4.78 is 0. The summed E-state index contributed by atoms with van der Waals surface area (Å²) >= 11 is 0. The summed E-state index contributed by atoms with van der Waals surface area (Å²) in [5.74, 6) is -4.62. The monoisotopic (exact) mass is 380 g/mol. The maximum Gasteiger partial charge on any atom is 0.323 e. The molecule has 0 saturated heterocycles. The number of hydrogen-bond donors (Lipinski definition) is 8. The quantitative estimate of drug-likeness (QED) is 0.172. The first kappa shape index (κ1) is 27.3. The summed E-state index contributed by atoms with van der Waals surface area (Å²) in [4.78, 5) is 41.4. The van der Waals surface area contributed by atoms with Gasteiger partial charge in [0.25, 0.3) is 0 Å². The average molecular weight is 380 g/mol. The topological polar surface area (TPSA) is 255 Å². The lowest BCUT2D eigenvalue weighted by Gasteiger charge is -2.12. The van der Waals surface area contributed by atoms with Gasteiger partial charge in [0.15, 0.2) is 11.9 Å². The van der Waals surface area contributed by atoms with Gasteiger partial charge in [-0.15, -0.1) is 0 Å². The zero-order valence-corrected chi connectivity index (χ0v) is 14.3. The van der Waals surface area contributed by atoms with Crippen molar-refractivity contribution in [3.8, 4) is 0 Å². The molecule has 0 amide bonds. The second kappa shape index (κ2) is 15.0. The van der Waals surface area contributed by atoms with Gasteiger partial charge < -0.3 is 41.7 Å². The van der Waals surface area contributed by atoms with Gasteiger partial charge in [0, 0.05) is 14.1 Å². The predicted octanol–water partition coefficient (Wildman–Crippen LogP) is -2.27. The van der Waals surface area contributed by atoms with Crippen LogP contribution in [-0.2, 0) is 19.2 Å². The van der Waals surface area contributed by atoms with Crippen molar-refractivity contribution in [1.29, 1.82) is 10.8 Å². The molecule has 26 heavy (non-hydrogen) atoms. The Morgan fingerprint density at radius 2 is 0.923 bits per heavy atom. The number of carboxylic acids is 4. The molecule has 0 saturated carbocycles. The molecule has 0 fully saturated rings. The van der Waals surface area contributed by atoms with Crippen molar-refractivity contribution < 1.29 is 39.6 Å². The third kappa shape index (κ3) is 25.4. The summed E-state index contributed by atoms with van der Waals surface area (Å²) in [6.45, 7) is -0.454. The number of carbonyl (C=O) groups is 4. The van der Waals surface area contributed by atoms with Crippen molar-refractivity contribution in [2.24, 2.45) is 11.5 Å². The van der Waals surface area contributed by atoms with Crippen molar-refractivity contribution in [2.75, 3.05) is 27.2 Å². The molecule has 14 heteroatoms. The minimum atomic E-state index is -1.08. The Morgan fingerprint density at radius 3 is 1.00 bits per heavy atom. The van der Waals surface area contributed by atoms with Gasteiger partial charge in [-0.2, -0.15) is 0 Å². The molecule has 14 nitrogen and oxygen atoms in total. The average Bonchev–Trinajstić information content (AvgIpc) is 2.44. The van der Waals surface area contributed by atoms with E-state index in [1.807, 2.05) is 0 Å². The fourth-order valence-corrected chi connectivity index (χ4v) is 0.790. The van der Waals surface area contributed by atoms with Crippen LogP contribution in [0, 0.1) is 10.8 Å². The first-order valence-corrected chi connectivity index (χ1v) is 6.68. The molecule has 0 aromatic carbocycles. The van der Waals surface area contributed by atoms with Crippen molar-refractivity contribution in [3.63, 3.8) is 0 Å². The van der Waals surface area contributed by atoms with Crippen molar-refractivity contribution in [2.45, 2.75) is 12.8 Å². The van der Waals surface area contributed by atoms with Crippen LogP contribution in [0.15, 0.2) is 0 Å². The molecule has 0 aliphatic rings. The Balaban J connectivity index is -0.000000306. The summed E-state index contributed by atoms with van der Waals surface area (Å²) in [5.41, 5.74) is 9.86. The SMILES string of the molecule is CN(CC(=O)O)C(=N)N.CN(CC(=O)O)C(=N)N.O=C(O)CCC(=O)O. The molecule has 0 radical (unpaired) electrons. The maximum absolute atomic E-state index is 9.92. The van der Waals surface area contributed by atoms with Crippen LogP contribution in [0.2, 0.25) is 0 Å². The lowest BCUT2D eigenvalue weighted by Crippen LogP contribution is -2.36. The highest BCUT2D eigenvalue weighted by Gasteiger charge is 2.04. The van der Waals surface area contributed by atoms with Gasteiger partial charge in [0.2, 0.25) is 0 Å². The Morgan fingerprint density at radius 1 is 0.692 bits per heavy atom. The van der Waals surface area contributed by atoms with Gasteiger partial charge >= 0.3 is 23.9 Å². The molecule has 150 valence electrons. The highest BCUT2D eigenvalue weighted by Crippen LogP contribution is 1.86. The Kier molecular flexibility index (Phi) is 15.7. The van der Waals surface area contributed by atoms with Crippen LogP contribution < -0.4 is 11.5 Å². The number of carboxylic acid groups (broad SMARTS) is 4.